The van der Waals surface area contributed by atoms with Crippen LogP contribution in [0.2, 0.25) is 0 Å². The highest BCUT2D eigenvalue weighted by Crippen LogP contribution is 2.27. The smallest absolute Gasteiger partial charge is 0.128 e. The molecule has 0 fully saturated rings. The molecule has 2 nitrogen and oxygen atoms in total. The van der Waals surface area contributed by atoms with E-state index in [2.05, 4.69) is 15.9 Å². The minimum Gasteiger partial charge on any atom is -0.396 e. The van der Waals surface area contributed by atoms with Gasteiger partial charge in [-0.25, -0.2) is 4.39 Å². The molecular weight excluding hydrogens is 261 g/mol. The molecule has 0 heterocycles. The number of aliphatic hydroxyl groups is 1. The van der Waals surface area contributed by atoms with E-state index >= 15 is 0 Å². The zero-order valence-electron chi connectivity index (χ0n) is 8.87. The van der Waals surface area contributed by atoms with Crippen LogP contribution in [0.5, 0.6) is 0 Å². The van der Waals surface area contributed by atoms with Gasteiger partial charge in [-0.05, 0) is 38.7 Å². The molecule has 1 atom stereocenters. The molecule has 0 radical (unpaired) electrons. The van der Waals surface area contributed by atoms with E-state index in [1.807, 2.05) is 19.0 Å². The number of benzene rings is 1. The SMILES string of the molecule is CN(C)C(CCO)c1cc(Br)ccc1F. The van der Waals surface area contributed by atoms with Gasteiger partial charge in [0, 0.05) is 22.7 Å². The molecule has 1 aromatic carbocycles. The zero-order valence-corrected chi connectivity index (χ0v) is 10.5. The number of aliphatic hydroxyl groups excluding tert-OH is 1. The van der Waals surface area contributed by atoms with E-state index in [4.69, 9.17) is 5.11 Å². The summed E-state index contributed by atoms with van der Waals surface area (Å²) in [5, 5.41) is 8.95. The Morgan fingerprint density at radius 3 is 2.67 bits per heavy atom. The molecule has 1 unspecified atom stereocenters. The van der Waals surface area contributed by atoms with Crippen LogP contribution in [0.3, 0.4) is 0 Å². The van der Waals surface area contributed by atoms with Crippen molar-refractivity contribution in [1.82, 2.24) is 4.90 Å². The predicted molar refractivity (Wildman–Crippen MR) is 62.2 cm³/mol. The number of halogens is 2. The summed E-state index contributed by atoms with van der Waals surface area (Å²) in [5.74, 6) is -0.231. The normalized spacial score (nSPS) is 13.2. The van der Waals surface area contributed by atoms with Crippen LogP contribution in [-0.4, -0.2) is 30.7 Å². The van der Waals surface area contributed by atoms with Crippen LogP contribution in [-0.2, 0) is 0 Å². The zero-order chi connectivity index (χ0) is 11.4. The average Bonchev–Trinajstić information content (AvgIpc) is 2.18. The summed E-state index contributed by atoms with van der Waals surface area (Å²) >= 11 is 3.32. The van der Waals surface area contributed by atoms with E-state index in [-0.39, 0.29) is 18.5 Å². The third-order valence-corrected chi connectivity index (χ3v) is 2.84. The highest BCUT2D eigenvalue weighted by molar-refractivity contribution is 9.10. The van der Waals surface area contributed by atoms with Crippen LogP contribution >= 0.6 is 15.9 Å². The maximum atomic E-state index is 13.6. The Labute approximate surface area is 97.8 Å². The van der Waals surface area contributed by atoms with Crippen molar-refractivity contribution in [2.24, 2.45) is 0 Å². The van der Waals surface area contributed by atoms with Crippen molar-refractivity contribution in [3.05, 3.63) is 34.1 Å². The third kappa shape index (κ3) is 3.26. The van der Waals surface area contributed by atoms with Crippen molar-refractivity contribution in [1.29, 1.82) is 0 Å². The number of hydrogen-bond acceptors (Lipinski definition) is 2. The second-order valence-corrected chi connectivity index (χ2v) is 4.57. The largest absolute Gasteiger partial charge is 0.396 e. The summed E-state index contributed by atoms with van der Waals surface area (Å²) in [7, 11) is 3.75. The summed E-state index contributed by atoms with van der Waals surface area (Å²) in [5.41, 5.74) is 0.614. The predicted octanol–water partition coefficient (Wildman–Crippen LogP) is 2.57. The molecule has 0 aliphatic carbocycles. The molecule has 0 aromatic heterocycles. The van der Waals surface area contributed by atoms with Gasteiger partial charge in [-0.15, -0.1) is 0 Å². The molecule has 1 N–H and O–H groups in total. The molecule has 4 heteroatoms. The van der Waals surface area contributed by atoms with Crippen LogP contribution in [0, 0.1) is 5.82 Å². The first kappa shape index (κ1) is 12.6. The third-order valence-electron chi connectivity index (χ3n) is 2.34. The molecule has 0 bridgehead atoms. The summed E-state index contributed by atoms with van der Waals surface area (Å²) in [4.78, 5) is 1.90. The molecule has 0 spiro atoms. The Morgan fingerprint density at radius 2 is 2.13 bits per heavy atom. The summed E-state index contributed by atoms with van der Waals surface area (Å²) in [6, 6.07) is 4.78. The van der Waals surface area contributed by atoms with E-state index in [1.54, 1.807) is 12.1 Å². The van der Waals surface area contributed by atoms with E-state index in [1.165, 1.54) is 6.07 Å². The number of hydrogen-bond donors (Lipinski definition) is 1. The van der Waals surface area contributed by atoms with Crippen molar-refractivity contribution in [3.63, 3.8) is 0 Å². The number of nitrogens with zero attached hydrogens (tertiary/aromatic N) is 1. The van der Waals surface area contributed by atoms with E-state index in [9.17, 15) is 4.39 Å². The minimum absolute atomic E-state index is 0.0504. The molecule has 0 saturated heterocycles. The Kier molecular flexibility index (Phi) is 4.70. The van der Waals surface area contributed by atoms with Crippen molar-refractivity contribution < 1.29 is 9.50 Å². The molecule has 0 aliphatic heterocycles. The molecule has 0 aliphatic rings. The Hall–Kier alpha value is -0.450. The van der Waals surface area contributed by atoms with Gasteiger partial charge in [0.2, 0.25) is 0 Å². The standard InChI is InChI=1S/C11H15BrFNO/c1-14(2)11(5-6-15)9-7-8(12)3-4-10(9)13/h3-4,7,11,15H,5-6H2,1-2H3. The Bertz CT molecular complexity index is 330. The molecule has 15 heavy (non-hydrogen) atoms. The molecule has 1 aromatic rings. The maximum Gasteiger partial charge on any atom is 0.128 e. The second kappa shape index (κ2) is 5.58. The second-order valence-electron chi connectivity index (χ2n) is 3.66. The van der Waals surface area contributed by atoms with E-state index in [0.717, 1.165) is 4.47 Å². The quantitative estimate of drug-likeness (QED) is 0.913. The van der Waals surface area contributed by atoms with Gasteiger partial charge in [0.25, 0.3) is 0 Å². The van der Waals surface area contributed by atoms with Crippen LogP contribution in [0.1, 0.15) is 18.0 Å². The van der Waals surface area contributed by atoms with Gasteiger partial charge in [-0.1, -0.05) is 15.9 Å². The summed E-state index contributed by atoms with van der Waals surface area (Å²) in [6.45, 7) is 0.0504. The fourth-order valence-corrected chi connectivity index (χ4v) is 1.96. The molecule has 0 amide bonds. The minimum atomic E-state index is -0.231. The van der Waals surface area contributed by atoms with Crippen molar-refractivity contribution in [3.8, 4) is 0 Å². The van der Waals surface area contributed by atoms with Gasteiger partial charge in [0.15, 0.2) is 0 Å². The van der Waals surface area contributed by atoms with Crippen molar-refractivity contribution in [2.75, 3.05) is 20.7 Å². The fraction of sp³-hybridized carbons (Fsp3) is 0.455. The van der Waals surface area contributed by atoms with E-state index < -0.39 is 0 Å². The summed E-state index contributed by atoms with van der Waals surface area (Å²) < 4.78 is 14.4. The first-order valence-corrected chi connectivity index (χ1v) is 5.57. The molecule has 1 rings (SSSR count). The van der Waals surface area contributed by atoms with Crippen LogP contribution < -0.4 is 0 Å². The fourth-order valence-electron chi connectivity index (χ4n) is 1.58. The van der Waals surface area contributed by atoms with Crippen LogP contribution in [0.25, 0.3) is 0 Å². The van der Waals surface area contributed by atoms with Gasteiger partial charge >= 0.3 is 0 Å². The first-order chi connectivity index (χ1) is 7.06. The highest BCUT2D eigenvalue weighted by Gasteiger charge is 2.17. The van der Waals surface area contributed by atoms with Crippen molar-refractivity contribution >= 4 is 15.9 Å². The first-order valence-electron chi connectivity index (χ1n) is 4.78. The lowest BCUT2D eigenvalue weighted by Crippen LogP contribution is -2.22. The lowest BCUT2D eigenvalue weighted by molar-refractivity contribution is 0.207. The van der Waals surface area contributed by atoms with Gasteiger partial charge in [-0.3, -0.25) is 0 Å². The topological polar surface area (TPSA) is 23.5 Å². The van der Waals surface area contributed by atoms with Crippen molar-refractivity contribution in [2.45, 2.75) is 12.5 Å². The Balaban J connectivity index is 3.04. The molecular formula is C11H15BrFNO. The highest BCUT2D eigenvalue weighted by atomic mass is 79.9. The van der Waals surface area contributed by atoms with Gasteiger partial charge in [0.1, 0.15) is 5.82 Å². The number of rotatable bonds is 4. The molecule has 0 saturated carbocycles. The Morgan fingerprint density at radius 1 is 1.47 bits per heavy atom. The average molecular weight is 276 g/mol. The lowest BCUT2D eigenvalue weighted by atomic mass is 10.0. The van der Waals surface area contributed by atoms with E-state index in [0.29, 0.717) is 12.0 Å². The molecule has 84 valence electrons. The maximum absolute atomic E-state index is 13.6. The lowest BCUT2D eigenvalue weighted by Gasteiger charge is -2.24. The summed E-state index contributed by atoms with van der Waals surface area (Å²) in [6.07, 6.45) is 0.528. The van der Waals surface area contributed by atoms with Gasteiger partial charge < -0.3 is 10.0 Å². The van der Waals surface area contributed by atoms with Gasteiger partial charge in [-0.2, -0.15) is 0 Å². The van der Waals surface area contributed by atoms with Crippen LogP contribution in [0.15, 0.2) is 22.7 Å². The van der Waals surface area contributed by atoms with Gasteiger partial charge in [0.05, 0.1) is 0 Å². The van der Waals surface area contributed by atoms with Crippen LogP contribution in [0.4, 0.5) is 4.39 Å². The monoisotopic (exact) mass is 275 g/mol.